The molecule has 2 atom stereocenters. The minimum atomic E-state index is -1.21. The highest BCUT2D eigenvalue weighted by Crippen LogP contribution is 2.23. The first kappa shape index (κ1) is 17.2. The van der Waals surface area contributed by atoms with E-state index in [9.17, 15) is 14.0 Å². The number of halogens is 1. The number of likely N-dealkylation sites (tertiary alicyclic amines) is 1. The van der Waals surface area contributed by atoms with Crippen LogP contribution in [0.25, 0.3) is 0 Å². The summed E-state index contributed by atoms with van der Waals surface area (Å²) < 4.78 is 19.0. The highest BCUT2D eigenvalue weighted by atomic mass is 19.1. The topological polar surface area (TPSA) is 58.6 Å². The van der Waals surface area contributed by atoms with Crippen molar-refractivity contribution < 1.29 is 18.7 Å². The van der Waals surface area contributed by atoms with Crippen LogP contribution < -0.4 is 5.32 Å². The average molecular weight is 322 g/mol. The Bertz CT molecular complexity index is 557. The first-order valence-corrected chi connectivity index (χ1v) is 7.71. The molecule has 2 rings (SSSR count). The standard InChI is InChI=1S/C17H23FN2O3/c1-17(2,3)23-16(22)20-11-13(18)9-14(20)15(21)19-10-12-7-5-4-6-8-12/h4-8,13-14H,9-11H2,1-3H3,(H,19,21)/t13-,14+/m1/s1. The van der Waals surface area contributed by atoms with E-state index in [4.69, 9.17) is 4.74 Å². The Morgan fingerprint density at radius 1 is 1.30 bits per heavy atom. The molecule has 1 N–H and O–H groups in total. The van der Waals surface area contributed by atoms with E-state index >= 15 is 0 Å². The number of hydrogen-bond acceptors (Lipinski definition) is 3. The maximum Gasteiger partial charge on any atom is 0.411 e. The van der Waals surface area contributed by atoms with Gasteiger partial charge in [-0.1, -0.05) is 30.3 Å². The molecule has 5 nitrogen and oxygen atoms in total. The number of nitrogens with one attached hydrogen (secondary N) is 1. The van der Waals surface area contributed by atoms with E-state index in [1.165, 1.54) is 4.90 Å². The fourth-order valence-electron chi connectivity index (χ4n) is 2.46. The summed E-state index contributed by atoms with van der Waals surface area (Å²) in [6.07, 6.45) is -1.87. The van der Waals surface area contributed by atoms with Gasteiger partial charge in [0.1, 0.15) is 17.8 Å². The van der Waals surface area contributed by atoms with Gasteiger partial charge in [-0.05, 0) is 26.3 Å². The lowest BCUT2D eigenvalue weighted by molar-refractivity contribution is -0.125. The number of carbonyl (C=O) groups is 2. The summed E-state index contributed by atoms with van der Waals surface area (Å²) in [4.78, 5) is 25.6. The second-order valence-electron chi connectivity index (χ2n) is 6.68. The van der Waals surface area contributed by atoms with Crippen molar-refractivity contribution in [1.29, 1.82) is 0 Å². The van der Waals surface area contributed by atoms with Gasteiger partial charge in [0.25, 0.3) is 0 Å². The SMILES string of the molecule is CC(C)(C)OC(=O)N1C[C@H](F)C[C@H]1C(=O)NCc1ccccc1. The van der Waals surface area contributed by atoms with Crippen LogP contribution in [0.1, 0.15) is 32.8 Å². The predicted molar refractivity (Wildman–Crippen MR) is 84.5 cm³/mol. The van der Waals surface area contributed by atoms with Crippen LogP contribution in [0.4, 0.5) is 9.18 Å². The third-order valence-electron chi connectivity index (χ3n) is 3.49. The molecule has 0 radical (unpaired) electrons. The maximum atomic E-state index is 13.7. The molecule has 1 aliphatic rings. The van der Waals surface area contributed by atoms with Gasteiger partial charge in [-0.15, -0.1) is 0 Å². The first-order valence-electron chi connectivity index (χ1n) is 7.71. The second-order valence-corrected chi connectivity index (χ2v) is 6.68. The van der Waals surface area contributed by atoms with Gasteiger partial charge in [-0.25, -0.2) is 9.18 Å². The molecule has 0 unspecified atom stereocenters. The number of hydrogen-bond donors (Lipinski definition) is 1. The Hall–Kier alpha value is -2.11. The summed E-state index contributed by atoms with van der Waals surface area (Å²) >= 11 is 0. The molecule has 1 fully saturated rings. The van der Waals surface area contributed by atoms with Crippen molar-refractivity contribution in [3.63, 3.8) is 0 Å². The van der Waals surface area contributed by atoms with Gasteiger partial charge in [0.2, 0.25) is 5.91 Å². The van der Waals surface area contributed by atoms with Crippen LogP contribution in [0, 0.1) is 0 Å². The average Bonchev–Trinajstić information content (AvgIpc) is 2.86. The monoisotopic (exact) mass is 322 g/mol. The second kappa shape index (κ2) is 6.98. The Morgan fingerprint density at radius 2 is 1.96 bits per heavy atom. The van der Waals surface area contributed by atoms with Gasteiger partial charge in [-0.3, -0.25) is 9.69 Å². The summed E-state index contributed by atoms with van der Waals surface area (Å²) in [6, 6.07) is 8.59. The number of alkyl halides is 1. The van der Waals surface area contributed by atoms with Crippen LogP contribution in [-0.4, -0.2) is 41.3 Å². The van der Waals surface area contributed by atoms with Crippen molar-refractivity contribution in [2.45, 2.75) is 51.6 Å². The van der Waals surface area contributed by atoms with Gasteiger partial charge in [0, 0.05) is 13.0 Å². The summed E-state index contributed by atoms with van der Waals surface area (Å²) in [5.74, 6) is -0.361. The van der Waals surface area contributed by atoms with E-state index in [0.29, 0.717) is 6.54 Å². The van der Waals surface area contributed by atoms with Gasteiger partial charge in [0.15, 0.2) is 0 Å². The normalized spacial score (nSPS) is 21.1. The lowest BCUT2D eigenvalue weighted by atomic mass is 10.1. The number of amides is 2. The molecule has 0 bridgehead atoms. The number of benzene rings is 1. The Balaban J connectivity index is 1.98. The smallest absolute Gasteiger partial charge is 0.411 e. The van der Waals surface area contributed by atoms with Crippen LogP contribution in [0.15, 0.2) is 30.3 Å². The predicted octanol–water partition coefficient (Wildman–Crippen LogP) is 2.65. The van der Waals surface area contributed by atoms with E-state index in [0.717, 1.165) is 5.56 Å². The molecule has 0 aromatic heterocycles. The van der Waals surface area contributed by atoms with Gasteiger partial charge < -0.3 is 10.1 Å². The molecule has 2 amide bonds. The highest BCUT2D eigenvalue weighted by molar-refractivity contribution is 5.86. The third kappa shape index (κ3) is 4.94. The van der Waals surface area contributed by atoms with Crippen LogP contribution in [0.3, 0.4) is 0 Å². The third-order valence-corrected chi connectivity index (χ3v) is 3.49. The molecule has 0 spiro atoms. The Morgan fingerprint density at radius 3 is 2.57 bits per heavy atom. The molecule has 0 aliphatic carbocycles. The minimum Gasteiger partial charge on any atom is -0.444 e. The van der Waals surface area contributed by atoms with E-state index in [1.54, 1.807) is 20.8 Å². The van der Waals surface area contributed by atoms with E-state index < -0.39 is 23.9 Å². The Labute approximate surface area is 135 Å². The van der Waals surface area contributed by atoms with Crippen LogP contribution >= 0.6 is 0 Å². The van der Waals surface area contributed by atoms with E-state index in [-0.39, 0.29) is 18.9 Å². The lowest BCUT2D eigenvalue weighted by Crippen LogP contribution is -2.47. The molecule has 1 aromatic carbocycles. The van der Waals surface area contributed by atoms with Crippen LogP contribution in [0.5, 0.6) is 0 Å². The molecule has 0 saturated carbocycles. The minimum absolute atomic E-state index is 0.000133. The van der Waals surface area contributed by atoms with Crippen molar-refractivity contribution in [3.05, 3.63) is 35.9 Å². The molecule has 1 aromatic rings. The number of carbonyl (C=O) groups excluding carboxylic acids is 2. The van der Waals surface area contributed by atoms with Crippen molar-refractivity contribution in [1.82, 2.24) is 10.2 Å². The molecular formula is C17H23FN2O3. The summed E-state index contributed by atoms with van der Waals surface area (Å²) in [7, 11) is 0. The Kier molecular flexibility index (Phi) is 5.23. The zero-order chi connectivity index (χ0) is 17.0. The van der Waals surface area contributed by atoms with Crippen molar-refractivity contribution >= 4 is 12.0 Å². The highest BCUT2D eigenvalue weighted by Gasteiger charge is 2.41. The summed E-state index contributed by atoms with van der Waals surface area (Å²) in [5, 5.41) is 2.75. The van der Waals surface area contributed by atoms with E-state index in [2.05, 4.69) is 5.32 Å². The van der Waals surface area contributed by atoms with Crippen molar-refractivity contribution in [2.75, 3.05) is 6.54 Å². The molecule has 1 saturated heterocycles. The molecule has 126 valence electrons. The molecule has 1 heterocycles. The molecular weight excluding hydrogens is 299 g/mol. The molecule has 6 heteroatoms. The van der Waals surface area contributed by atoms with Crippen molar-refractivity contribution in [2.24, 2.45) is 0 Å². The summed E-state index contributed by atoms with van der Waals surface area (Å²) in [5.41, 5.74) is 0.260. The van der Waals surface area contributed by atoms with Gasteiger partial charge >= 0.3 is 6.09 Å². The number of nitrogens with zero attached hydrogens (tertiary/aromatic N) is 1. The van der Waals surface area contributed by atoms with Crippen LogP contribution in [0.2, 0.25) is 0 Å². The summed E-state index contributed by atoms with van der Waals surface area (Å²) in [6.45, 7) is 5.43. The van der Waals surface area contributed by atoms with E-state index in [1.807, 2.05) is 30.3 Å². The fraction of sp³-hybridized carbons (Fsp3) is 0.529. The zero-order valence-corrected chi connectivity index (χ0v) is 13.7. The quantitative estimate of drug-likeness (QED) is 0.931. The number of ether oxygens (including phenoxy) is 1. The van der Waals surface area contributed by atoms with Crippen molar-refractivity contribution in [3.8, 4) is 0 Å². The largest absolute Gasteiger partial charge is 0.444 e. The maximum absolute atomic E-state index is 13.7. The van der Waals surface area contributed by atoms with Gasteiger partial charge in [-0.2, -0.15) is 0 Å². The molecule has 1 aliphatic heterocycles. The van der Waals surface area contributed by atoms with Gasteiger partial charge in [0.05, 0.1) is 6.54 Å². The first-order chi connectivity index (χ1) is 10.8. The lowest BCUT2D eigenvalue weighted by Gasteiger charge is -2.27. The number of rotatable bonds is 3. The fourth-order valence-corrected chi connectivity index (χ4v) is 2.46. The van der Waals surface area contributed by atoms with Crippen LogP contribution in [-0.2, 0) is 16.1 Å². The molecule has 23 heavy (non-hydrogen) atoms. The zero-order valence-electron chi connectivity index (χ0n) is 13.7.